The molecule has 5 aliphatic rings. The summed E-state index contributed by atoms with van der Waals surface area (Å²) in [6.45, 7) is 0.358. The van der Waals surface area contributed by atoms with Gasteiger partial charge >= 0.3 is 0 Å². The van der Waals surface area contributed by atoms with E-state index in [1.807, 2.05) is 6.08 Å². The third kappa shape index (κ3) is 25.9. The minimum Gasteiger partial charge on any atom is -0.394 e. The predicted molar refractivity (Wildman–Crippen MR) is 340 cm³/mol. The lowest BCUT2D eigenvalue weighted by atomic mass is 9.95. The van der Waals surface area contributed by atoms with Crippen molar-refractivity contribution >= 4 is 11.8 Å². The number of aliphatic hydroxyl groups excluding tert-OH is 16. The molecule has 0 aromatic heterocycles. The minimum absolute atomic E-state index is 0.198. The molecule has 5 heterocycles. The van der Waals surface area contributed by atoms with Crippen LogP contribution < -0.4 is 10.6 Å². The maximum atomic E-state index is 13.4. The minimum atomic E-state index is -2.19. The van der Waals surface area contributed by atoms with Gasteiger partial charge in [0.15, 0.2) is 31.5 Å². The highest BCUT2D eigenvalue weighted by Gasteiger charge is 2.57. The number of amides is 2. The highest BCUT2D eigenvalue weighted by atomic mass is 16.8. The van der Waals surface area contributed by atoms with Gasteiger partial charge in [-0.05, 0) is 19.3 Å². The second kappa shape index (κ2) is 45.6. The van der Waals surface area contributed by atoms with Gasteiger partial charge in [-0.2, -0.15) is 0 Å². The SMILES string of the molecule is CCCCCCCCCCCCC/C=C/[C@@H](O)[C@H](CO[C@@H]1OC(CO)[C@@H](O[C@@H]2OC(CO)[C@H](O[C@@H]3OC(CO)[C@H](O)[C@H](O[C@H]4OC(CO)[C@H](O)[C@H](O[C@@H]5OC(CO)[C@H](O)[C@H](O)C5NC(C)=O)C4O)C3O)[C@H](O)C2O)[C@H](O)C1O)NC(=O)CCCCCCCCCCCCCCC. The van der Waals surface area contributed by atoms with Gasteiger partial charge in [-0.3, -0.25) is 9.59 Å². The van der Waals surface area contributed by atoms with Crippen LogP contribution in [0.15, 0.2) is 12.2 Å². The fourth-order valence-corrected chi connectivity index (χ4v) is 12.9. The molecule has 5 rings (SSSR count). The molecule has 30 nitrogen and oxygen atoms in total. The Kier molecular flexibility index (Phi) is 40.0. The van der Waals surface area contributed by atoms with E-state index in [9.17, 15) is 91.3 Å². The quantitative estimate of drug-likeness (QED) is 0.0252. The van der Waals surface area contributed by atoms with Crippen molar-refractivity contribution in [3.63, 3.8) is 0 Å². The van der Waals surface area contributed by atoms with Crippen molar-refractivity contribution in [1.29, 1.82) is 0 Å². The van der Waals surface area contributed by atoms with Crippen LogP contribution in [0.2, 0.25) is 0 Å². The van der Waals surface area contributed by atoms with Gasteiger partial charge in [-0.1, -0.05) is 167 Å². The lowest BCUT2D eigenvalue weighted by Gasteiger charge is -2.50. The molecular formula is C66H120N2O28. The number of nitrogens with one attached hydrogen (secondary N) is 2. The zero-order chi connectivity index (χ0) is 70.3. The van der Waals surface area contributed by atoms with Crippen molar-refractivity contribution < 1.29 is 139 Å². The van der Waals surface area contributed by atoms with Crippen LogP contribution in [0.3, 0.4) is 0 Å². The first-order valence-electron chi connectivity index (χ1n) is 35.5. The Morgan fingerprint density at radius 1 is 0.406 bits per heavy atom. The summed E-state index contributed by atoms with van der Waals surface area (Å²) in [6.07, 6.45) is -14.2. The van der Waals surface area contributed by atoms with Gasteiger partial charge in [0, 0.05) is 13.3 Å². The normalized spacial score (nSPS) is 36.6. The third-order valence-corrected chi connectivity index (χ3v) is 18.7. The van der Waals surface area contributed by atoms with E-state index in [1.54, 1.807) is 6.08 Å². The smallest absolute Gasteiger partial charge is 0.220 e. The monoisotopic (exact) mass is 1390 g/mol. The van der Waals surface area contributed by atoms with E-state index < -0.39 is 211 Å². The lowest BCUT2D eigenvalue weighted by molar-refractivity contribution is -0.393. The summed E-state index contributed by atoms with van der Waals surface area (Å²) in [7, 11) is 0. The highest BCUT2D eigenvalue weighted by Crippen LogP contribution is 2.36. The van der Waals surface area contributed by atoms with E-state index >= 15 is 0 Å². The van der Waals surface area contributed by atoms with Crippen LogP contribution in [-0.4, -0.2) is 299 Å². The Bertz CT molecular complexity index is 2110. The molecular weight excluding hydrogens is 1270 g/mol. The molecule has 5 aliphatic heterocycles. The first kappa shape index (κ1) is 84.3. The van der Waals surface area contributed by atoms with E-state index in [1.165, 1.54) is 103 Å². The largest absolute Gasteiger partial charge is 0.394 e. The molecule has 0 saturated carbocycles. The highest BCUT2D eigenvalue weighted by molar-refractivity contribution is 5.76. The lowest BCUT2D eigenvalue weighted by Crippen LogP contribution is -2.69. The molecule has 2 amide bonds. The zero-order valence-corrected chi connectivity index (χ0v) is 56.4. The second-order valence-corrected chi connectivity index (χ2v) is 26.4. The number of carbonyl (C=O) groups is 2. The van der Waals surface area contributed by atoms with Crippen LogP contribution in [0, 0.1) is 0 Å². The Balaban J connectivity index is 1.19. The van der Waals surface area contributed by atoms with Crippen LogP contribution in [0.25, 0.3) is 0 Å². The maximum absolute atomic E-state index is 13.4. The van der Waals surface area contributed by atoms with Gasteiger partial charge < -0.3 is 140 Å². The Morgan fingerprint density at radius 3 is 1.20 bits per heavy atom. The maximum Gasteiger partial charge on any atom is 0.220 e. The standard InChI is InChI=1S/C66H120N2O28/c1-4-6-8-10-12-14-16-18-20-22-24-26-28-30-40(75)39(68-46(76)31-29-27-25-23-21-19-17-15-13-11-9-7-5-2)37-87-63-54(83)52(81)58(44(35-72)91-63)93-64-55(84)53(82)59(45(36-73)92-64)94-65-57(86)61(50(79)43(34-71)89-65)96-66-56(85)60(49(78)42(33-70)90-66)95-62-47(67-38(3)74)51(80)48(77)41(32-69)88-62/h28,30,39-45,47-66,69-73,75,77-86H,4-27,29,31-37H2,1-3H3,(H,67,74)(H,68,76)/b30-28+/t39-,40+,41?,42?,43?,44?,45?,47?,48-,49-,50-,51+,52+,53+,54?,55?,56?,57?,58+,59-,60-,61-,62-,63+,64-,65-,66+/m0/s1. The molecule has 0 spiro atoms. The third-order valence-electron chi connectivity index (χ3n) is 18.7. The average Bonchev–Trinajstić information content (AvgIpc) is 0.779. The van der Waals surface area contributed by atoms with Crippen LogP contribution in [0.4, 0.5) is 0 Å². The molecule has 0 aromatic carbocycles. The molecule has 5 saturated heterocycles. The van der Waals surface area contributed by atoms with Crippen LogP contribution >= 0.6 is 0 Å². The average molecular weight is 1390 g/mol. The molecule has 10 unspecified atom stereocenters. The number of carbonyl (C=O) groups excluding carboxylic acids is 2. The Morgan fingerprint density at radius 2 is 0.760 bits per heavy atom. The molecule has 0 bridgehead atoms. The van der Waals surface area contributed by atoms with Gasteiger partial charge in [0.25, 0.3) is 0 Å². The van der Waals surface area contributed by atoms with E-state index in [0.29, 0.717) is 12.8 Å². The topological polar surface area (TPSA) is 474 Å². The molecule has 18 N–H and O–H groups in total. The first-order chi connectivity index (χ1) is 46.2. The number of hydrogen-bond acceptors (Lipinski definition) is 28. The molecule has 5 fully saturated rings. The molecule has 27 atom stereocenters. The summed E-state index contributed by atoms with van der Waals surface area (Å²) in [4.78, 5) is 25.5. The summed E-state index contributed by atoms with van der Waals surface area (Å²) in [5, 5.41) is 181. The van der Waals surface area contributed by atoms with Crippen molar-refractivity contribution in [3.8, 4) is 0 Å². The molecule has 0 aromatic rings. The van der Waals surface area contributed by atoms with Gasteiger partial charge in [0.05, 0.1) is 51.8 Å². The summed E-state index contributed by atoms with van der Waals surface area (Å²) < 4.78 is 58.0. The number of ether oxygens (including phenoxy) is 10. The Hall–Kier alpha value is -2.36. The number of aliphatic hydroxyl groups is 16. The summed E-state index contributed by atoms with van der Waals surface area (Å²) in [5.74, 6) is -1.06. The van der Waals surface area contributed by atoms with E-state index in [0.717, 1.165) is 51.9 Å². The van der Waals surface area contributed by atoms with E-state index in [2.05, 4.69) is 24.5 Å². The van der Waals surface area contributed by atoms with Crippen LogP contribution in [0.5, 0.6) is 0 Å². The molecule has 0 radical (unpaired) electrons. The van der Waals surface area contributed by atoms with Crippen LogP contribution in [0.1, 0.15) is 188 Å². The van der Waals surface area contributed by atoms with Gasteiger partial charge in [0.1, 0.15) is 122 Å². The van der Waals surface area contributed by atoms with Crippen LogP contribution in [-0.2, 0) is 57.0 Å². The number of hydrogen-bond donors (Lipinski definition) is 18. The van der Waals surface area contributed by atoms with Crippen molar-refractivity contribution in [3.05, 3.63) is 12.2 Å². The molecule has 96 heavy (non-hydrogen) atoms. The van der Waals surface area contributed by atoms with Crippen molar-refractivity contribution in [2.75, 3.05) is 39.6 Å². The second-order valence-electron chi connectivity index (χ2n) is 26.4. The van der Waals surface area contributed by atoms with Crippen molar-refractivity contribution in [2.24, 2.45) is 0 Å². The first-order valence-corrected chi connectivity index (χ1v) is 35.5. The predicted octanol–water partition coefficient (Wildman–Crippen LogP) is -1.17. The van der Waals surface area contributed by atoms with Gasteiger partial charge in [0.2, 0.25) is 11.8 Å². The molecule has 30 heteroatoms. The Labute approximate surface area is 564 Å². The summed E-state index contributed by atoms with van der Waals surface area (Å²) >= 11 is 0. The van der Waals surface area contributed by atoms with Gasteiger partial charge in [-0.25, -0.2) is 0 Å². The number of allylic oxidation sites excluding steroid dienone is 1. The van der Waals surface area contributed by atoms with E-state index in [4.69, 9.17) is 47.4 Å². The van der Waals surface area contributed by atoms with E-state index in [-0.39, 0.29) is 12.3 Å². The van der Waals surface area contributed by atoms with Crippen molar-refractivity contribution in [1.82, 2.24) is 10.6 Å². The number of rotatable bonds is 46. The fraction of sp³-hybridized carbons (Fsp3) is 0.939. The zero-order valence-electron chi connectivity index (χ0n) is 56.4. The van der Waals surface area contributed by atoms with Gasteiger partial charge in [-0.15, -0.1) is 0 Å². The molecule has 0 aliphatic carbocycles. The van der Waals surface area contributed by atoms with Crippen molar-refractivity contribution in [2.45, 2.75) is 353 Å². The summed E-state index contributed by atoms with van der Waals surface area (Å²) in [5.41, 5.74) is 0. The fourth-order valence-electron chi connectivity index (χ4n) is 12.9. The summed E-state index contributed by atoms with van der Waals surface area (Å²) in [6, 6.07) is -2.60. The molecule has 562 valence electrons. The number of unbranched alkanes of at least 4 members (excludes halogenated alkanes) is 23.